The first-order valence-electron chi connectivity index (χ1n) is 13.1. The molecule has 0 aromatic carbocycles. The molecule has 0 aromatic heterocycles. The summed E-state index contributed by atoms with van der Waals surface area (Å²) in [5, 5.41) is 34.8. The molecular weight excluding hydrogens is 701 g/mol. The summed E-state index contributed by atoms with van der Waals surface area (Å²) in [5.74, 6) is -3.88. The van der Waals surface area contributed by atoms with Crippen LogP contribution in [0.25, 0.3) is 0 Å². The molecule has 16 nitrogen and oxygen atoms in total. The zero-order valence-electron chi connectivity index (χ0n) is 23.9. The highest BCUT2D eigenvalue weighted by molar-refractivity contribution is 8.01. The van der Waals surface area contributed by atoms with Crippen molar-refractivity contribution >= 4 is 105 Å². The summed E-state index contributed by atoms with van der Waals surface area (Å²) in [7, 11) is -2.59. The molecule has 0 spiro atoms. The molecule has 4 unspecified atom stereocenters. The molecule has 0 radical (unpaired) electrons. The van der Waals surface area contributed by atoms with Crippen LogP contribution in [0.2, 0.25) is 24.2 Å². The van der Waals surface area contributed by atoms with Crippen LogP contribution in [0.1, 0.15) is 12.8 Å². The predicted molar refractivity (Wildman–Crippen MR) is 168 cm³/mol. The first-order valence-corrected chi connectivity index (χ1v) is 20.1. The van der Waals surface area contributed by atoms with Gasteiger partial charge in [0.15, 0.2) is 10.9 Å². The third kappa shape index (κ3) is 20.9. The molecule has 21 heteroatoms. The predicted octanol–water partition coefficient (Wildman–Crippen LogP) is 1.57. The van der Waals surface area contributed by atoms with Crippen molar-refractivity contribution in [3.8, 4) is 0 Å². The van der Waals surface area contributed by atoms with Gasteiger partial charge in [-0.25, -0.2) is 0 Å². The van der Waals surface area contributed by atoms with Crippen LogP contribution in [0.3, 0.4) is 0 Å². The van der Waals surface area contributed by atoms with Gasteiger partial charge in [0.25, 0.3) is 25.9 Å². The van der Waals surface area contributed by atoms with Crippen molar-refractivity contribution in [1.82, 2.24) is 0 Å². The van der Waals surface area contributed by atoms with Crippen LogP contribution < -0.4 is 0 Å². The lowest BCUT2D eigenvalue weighted by atomic mass is 10.3. The maximum absolute atomic E-state index is 11.6. The maximum Gasteiger partial charge on any atom is 0.317 e. The first-order chi connectivity index (χ1) is 21.4. The van der Waals surface area contributed by atoms with Gasteiger partial charge in [-0.3, -0.25) is 38.4 Å². The molecular formula is C24H36O16S4Si. The smallest absolute Gasteiger partial charge is 0.317 e. The van der Waals surface area contributed by atoms with Crippen LogP contribution in [0, 0.1) is 0 Å². The normalized spacial score (nSPS) is 14.8. The number of thioether (sulfide) groups is 4. The minimum Gasteiger partial charge on any atom is -0.481 e. The van der Waals surface area contributed by atoms with Crippen molar-refractivity contribution < 1.29 is 77.7 Å². The van der Waals surface area contributed by atoms with Gasteiger partial charge in [-0.2, -0.15) is 0 Å². The molecule has 0 aliphatic heterocycles. The second-order valence-electron chi connectivity index (χ2n) is 9.02. The number of carboxylic acids is 4. The average molecular weight is 737 g/mol. The highest BCUT2D eigenvalue weighted by atomic mass is 32.2. The number of carbonyl (C=O) groups excluding carboxylic acids is 4. The number of hydrogen-bond donors (Lipinski definition) is 4. The van der Waals surface area contributed by atoms with Gasteiger partial charge >= 0.3 is 23.9 Å². The minimum absolute atomic E-state index is 0.199. The van der Waals surface area contributed by atoms with Crippen LogP contribution >= 0.6 is 47.0 Å². The molecule has 0 saturated carbocycles. The van der Waals surface area contributed by atoms with E-state index < -0.39 is 66.2 Å². The Hall–Kier alpha value is -2.62. The highest BCUT2D eigenvalue weighted by Gasteiger charge is 2.35. The molecule has 0 aliphatic rings. The molecule has 0 saturated heterocycles. The molecule has 256 valence electrons. The van der Waals surface area contributed by atoms with E-state index in [2.05, 4.69) is 0 Å². The molecule has 4 atom stereocenters. The Morgan fingerprint density at radius 1 is 0.556 bits per heavy atom. The molecule has 0 aliphatic carbocycles. The topological polar surface area (TPSA) is 254 Å². The van der Waals surface area contributed by atoms with Crippen molar-refractivity contribution in [2.24, 2.45) is 0 Å². The second kappa shape index (κ2) is 25.6. The fourth-order valence-electron chi connectivity index (χ4n) is 3.76. The summed E-state index contributed by atoms with van der Waals surface area (Å²) in [6.07, 6.45) is -1.21. The van der Waals surface area contributed by atoms with E-state index in [0.29, 0.717) is 35.7 Å². The highest BCUT2D eigenvalue weighted by Crippen LogP contribution is 2.35. The summed E-state index contributed by atoms with van der Waals surface area (Å²) < 4.78 is 19.3. The summed E-state index contributed by atoms with van der Waals surface area (Å²) in [6.45, 7) is 0.385. The Labute approximate surface area is 276 Å². The summed E-state index contributed by atoms with van der Waals surface area (Å²) in [6, 6.07) is 1.92. The van der Waals surface area contributed by atoms with Gasteiger partial charge in [0, 0.05) is 0 Å². The van der Waals surface area contributed by atoms with Gasteiger partial charge in [-0.05, 0) is 47.2 Å². The van der Waals surface area contributed by atoms with Crippen molar-refractivity contribution in [2.75, 3.05) is 36.2 Å². The summed E-state index contributed by atoms with van der Waals surface area (Å²) in [4.78, 5) is 88.7. The third-order valence-corrected chi connectivity index (χ3v) is 17.3. The first kappa shape index (κ1) is 42.4. The largest absolute Gasteiger partial charge is 0.481 e. The lowest BCUT2D eigenvalue weighted by Crippen LogP contribution is -2.38. The Morgan fingerprint density at radius 2 is 0.889 bits per heavy atom. The van der Waals surface area contributed by atoms with E-state index in [1.54, 1.807) is 0 Å². The zero-order chi connectivity index (χ0) is 34.1. The van der Waals surface area contributed by atoms with Gasteiger partial charge in [0.1, 0.15) is 23.7 Å². The number of aliphatic carboxylic acids is 4. The molecule has 4 N–H and O–H groups in total. The molecule has 0 fully saturated rings. The van der Waals surface area contributed by atoms with Gasteiger partial charge < -0.3 is 39.4 Å². The minimum atomic E-state index is -2.59. The van der Waals surface area contributed by atoms with Crippen LogP contribution in [0.5, 0.6) is 0 Å². The molecule has 0 heterocycles. The molecule has 45 heavy (non-hydrogen) atoms. The third-order valence-electron chi connectivity index (χ3n) is 6.06. The molecule has 0 bridgehead atoms. The van der Waals surface area contributed by atoms with E-state index >= 15 is 0 Å². The Balaban J connectivity index is 6.10. The maximum atomic E-state index is 11.6. The molecule has 0 aromatic rings. The fraction of sp³-hybridized carbons (Fsp3) is 0.667. The number of hydrogen-bond acceptors (Lipinski definition) is 16. The molecule has 0 amide bonds. The summed E-state index contributed by atoms with van der Waals surface area (Å²) >= 11 is 4.28. The Morgan fingerprint density at radius 3 is 1.16 bits per heavy atom. The van der Waals surface area contributed by atoms with Crippen LogP contribution in [0.15, 0.2) is 0 Å². The summed E-state index contributed by atoms with van der Waals surface area (Å²) in [5.41, 5.74) is -1.63. The van der Waals surface area contributed by atoms with Crippen molar-refractivity contribution in [2.45, 2.75) is 58.4 Å². The van der Waals surface area contributed by atoms with Crippen molar-refractivity contribution in [3.63, 3.8) is 0 Å². The Bertz CT molecular complexity index is 884. The number of rotatable bonds is 32. The number of carbonyl (C=O) groups is 8. The number of ether oxygens (including phenoxy) is 4. The molecule has 0 rings (SSSR count). The van der Waals surface area contributed by atoms with Crippen molar-refractivity contribution in [3.05, 3.63) is 0 Å². The van der Waals surface area contributed by atoms with E-state index in [4.69, 9.17) is 29.2 Å². The fourth-order valence-corrected chi connectivity index (χ4v) is 16.6. The zero-order valence-corrected chi connectivity index (χ0v) is 28.2. The van der Waals surface area contributed by atoms with Gasteiger partial charge in [-0.15, -0.1) is 47.0 Å². The van der Waals surface area contributed by atoms with Crippen molar-refractivity contribution in [1.29, 1.82) is 0 Å². The number of carboxylic acid groups (broad SMARTS) is 4. The lowest BCUT2D eigenvalue weighted by Gasteiger charge is -2.33. The Kier molecular flexibility index (Phi) is 24.1. The SMILES string of the molecule is O=COCC(OC=O)SCC[Si](CCSC(COC=O)OC=O)(CCSC(CC(=O)O)C(=O)O)CCSC(CC(=O)O)C(=O)O. The van der Waals surface area contributed by atoms with Crippen LogP contribution in [-0.2, 0) is 57.3 Å². The van der Waals surface area contributed by atoms with Gasteiger partial charge in [0.05, 0.1) is 20.9 Å². The van der Waals surface area contributed by atoms with E-state index in [-0.39, 0.29) is 50.6 Å². The monoisotopic (exact) mass is 736 g/mol. The van der Waals surface area contributed by atoms with E-state index in [9.17, 15) is 48.6 Å². The lowest BCUT2D eigenvalue weighted by molar-refractivity contribution is -0.142. The van der Waals surface area contributed by atoms with Gasteiger partial charge in [0.2, 0.25) is 0 Å². The van der Waals surface area contributed by atoms with E-state index in [1.165, 1.54) is 23.5 Å². The van der Waals surface area contributed by atoms with E-state index in [0.717, 1.165) is 23.5 Å². The van der Waals surface area contributed by atoms with E-state index in [1.807, 2.05) is 0 Å². The van der Waals surface area contributed by atoms with Crippen LogP contribution in [0.4, 0.5) is 0 Å². The van der Waals surface area contributed by atoms with Crippen LogP contribution in [-0.4, -0.2) is 136 Å². The average Bonchev–Trinajstić information content (AvgIpc) is 2.97. The second-order valence-corrected chi connectivity index (χ2v) is 19.2. The standard InChI is InChI=1S/C24H36O16S4Si/c25-13-37-11-21(39-15-27)43-3-7-45(5-1-41-17(23(33)34)9-19(29)30,6-2-42-18(24(35)36)10-20(31)32)8-4-44-22(40-16-28)12-38-14-26/h13-18,21-22H,1-12H2,(H,29,30)(H,31,32)(H,33,34)(H,35,36). The van der Waals surface area contributed by atoms with Gasteiger partial charge in [-0.1, -0.05) is 0 Å². The quantitative estimate of drug-likeness (QED) is 0.0331.